The summed E-state index contributed by atoms with van der Waals surface area (Å²) in [5.74, 6) is 1.46. The minimum atomic E-state index is -0.616. The lowest BCUT2D eigenvalue weighted by Crippen LogP contribution is -2.30. The van der Waals surface area contributed by atoms with Crippen LogP contribution in [0.3, 0.4) is 0 Å². The molecule has 2 fully saturated rings. The van der Waals surface area contributed by atoms with Gasteiger partial charge in [0, 0.05) is 35.2 Å². The number of primary amides is 1. The second-order valence-electron chi connectivity index (χ2n) is 8.80. The molecule has 3 aliphatic rings. The first-order valence-corrected chi connectivity index (χ1v) is 11.4. The first-order valence-electron chi connectivity index (χ1n) is 10.5. The maximum absolute atomic E-state index is 12.7. The van der Waals surface area contributed by atoms with Gasteiger partial charge < -0.3 is 16.0 Å². The van der Waals surface area contributed by atoms with Crippen molar-refractivity contribution >= 4 is 29.1 Å². The van der Waals surface area contributed by atoms with E-state index < -0.39 is 5.91 Å². The SMILES string of the molecule is C=C(CN1Cc2c(cccc2-c2nc(C(=O)NCC3CC4CC4C3)cs2)C1=O)C(N)=O. The fourth-order valence-electron chi connectivity index (χ4n) is 4.86. The zero-order valence-corrected chi connectivity index (χ0v) is 17.9. The zero-order chi connectivity index (χ0) is 21.7. The molecule has 0 bridgehead atoms. The quantitative estimate of drug-likeness (QED) is 0.651. The second-order valence-corrected chi connectivity index (χ2v) is 9.66. The summed E-state index contributed by atoms with van der Waals surface area (Å²) < 4.78 is 0. The molecule has 2 unspecified atom stereocenters. The van der Waals surface area contributed by atoms with Crippen LogP contribution in [0.4, 0.5) is 0 Å². The highest BCUT2D eigenvalue weighted by Crippen LogP contribution is 2.54. The first-order chi connectivity index (χ1) is 14.9. The summed E-state index contributed by atoms with van der Waals surface area (Å²) in [5, 5.41) is 5.50. The Morgan fingerprint density at radius 2 is 1.97 bits per heavy atom. The highest BCUT2D eigenvalue weighted by Gasteiger charge is 2.45. The zero-order valence-electron chi connectivity index (χ0n) is 17.1. The van der Waals surface area contributed by atoms with Crippen molar-refractivity contribution in [3.63, 3.8) is 0 Å². The van der Waals surface area contributed by atoms with Crippen molar-refractivity contribution < 1.29 is 14.4 Å². The number of nitrogens with two attached hydrogens (primary N) is 1. The molecule has 2 heterocycles. The van der Waals surface area contributed by atoms with E-state index in [1.54, 1.807) is 16.3 Å². The Bertz CT molecular complexity index is 1100. The number of fused-ring (bicyclic) bond motifs is 2. The number of carbonyl (C=O) groups is 3. The third-order valence-corrected chi connectivity index (χ3v) is 7.51. The van der Waals surface area contributed by atoms with Gasteiger partial charge in [-0.2, -0.15) is 0 Å². The van der Waals surface area contributed by atoms with Gasteiger partial charge in [0.15, 0.2) is 0 Å². The van der Waals surface area contributed by atoms with Crippen LogP contribution in [0.15, 0.2) is 35.7 Å². The van der Waals surface area contributed by atoms with Gasteiger partial charge >= 0.3 is 0 Å². The van der Waals surface area contributed by atoms with E-state index in [4.69, 9.17) is 5.73 Å². The molecule has 2 aromatic rings. The van der Waals surface area contributed by atoms with Crippen LogP contribution in [-0.4, -0.2) is 40.7 Å². The molecular weight excluding hydrogens is 412 g/mol. The van der Waals surface area contributed by atoms with Gasteiger partial charge in [-0.05, 0) is 48.6 Å². The van der Waals surface area contributed by atoms with Crippen LogP contribution in [0, 0.1) is 17.8 Å². The van der Waals surface area contributed by atoms with Crippen LogP contribution in [0.5, 0.6) is 0 Å². The predicted octanol–water partition coefficient (Wildman–Crippen LogP) is 2.58. The molecule has 2 aliphatic carbocycles. The number of nitrogens with zero attached hydrogens (tertiary/aromatic N) is 2. The molecule has 1 aromatic carbocycles. The van der Waals surface area contributed by atoms with E-state index in [-0.39, 0.29) is 23.9 Å². The normalized spacial score (nSPS) is 23.4. The molecule has 2 atom stereocenters. The fraction of sp³-hybridized carbons (Fsp3) is 0.391. The van der Waals surface area contributed by atoms with Crippen LogP contribution < -0.4 is 11.1 Å². The largest absolute Gasteiger partial charge is 0.366 e. The maximum Gasteiger partial charge on any atom is 0.270 e. The molecule has 31 heavy (non-hydrogen) atoms. The van der Waals surface area contributed by atoms with Gasteiger partial charge in [-0.3, -0.25) is 14.4 Å². The summed E-state index contributed by atoms with van der Waals surface area (Å²) in [4.78, 5) is 42.7. The average molecular weight is 437 g/mol. The van der Waals surface area contributed by atoms with E-state index in [0.717, 1.165) is 23.0 Å². The monoisotopic (exact) mass is 436 g/mol. The lowest BCUT2D eigenvalue weighted by atomic mass is 10.0. The minimum absolute atomic E-state index is 0.0939. The predicted molar refractivity (Wildman–Crippen MR) is 117 cm³/mol. The Labute approximate surface area is 184 Å². The summed E-state index contributed by atoms with van der Waals surface area (Å²) in [6, 6.07) is 5.48. The number of amides is 3. The van der Waals surface area contributed by atoms with E-state index >= 15 is 0 Å². The Hall–Kier alpha value is -3.00. The van der Waals surface area contributed by atoms with Crippen LogP contribution in [0.2, 0.25) is 0 Å². The van der Waals surface area contributed by atoms with Gasteiger partial charge in [-0.15, -0.1) is 11.3 Å². The van der Waals surface area contributed by atoms with Gasteiger partial charge in [-0.1, -0.05) is 18.7 Å². The highest BCUT2D eigenvalue weighted by atomic mass is 32.1. The number of aromatic nitrogens is 1. The Morgan fingerprint density at radius 3 is 2.71 bits per heavy atom. The molecule has 5 rings (SSSR count). The first kappa shape index (κ1) is 19.9. The lowest BCUT2D eigenvalue weighted by molar-refractivity contribution is -0.114. The van der Waals surface area contributed by atoms with Gasteiger partial charge in [-0.25, -0.2) is 4.98 Å². The lowest BCUT2D eigenvalue weighted by Gasteiger charge is -2.15. The summed E-state index contributed by atoms with van der Waals surface area (Å²) in [7, 11) is 0. The molecule has 7 nitrogen and oxygen atoms in total. The molecule has 3 N–H and O–H groups in total. The van der Waals surface area contributed by atoms with Crippen LogP contribution in [0.25, 0.3) is 10.6 Å². The molecule has 8 heteroatoms. The Kier molecular flexibility index (Phi) is 4.89. The van der Waals surface area contributed by atoms with Crippen molar-refractivity contribution in [2.75, 3.05) is 13.1 Å². The van der Waals surface area contributed by atoms with Gasteiger partial charge in [0.2, 0.25) is 5.91 Å². The summed E-state index contributed by atoms with van der Waals surface area (Å²) in [6.45, 7) is 4.81. The van der Waals surface area contributed by atoms with Crippen molar-refractivity contribution in [3.8, 4) is 10.6 Å². The third-order valence-electron chi connectivity index (χ3n) is 6.63. The smallest absolute Gasteiger partial charge is 0.270 e. The number of rotatable bonds is 7. The molecule has 2 saturated carbocycles. The minimum Gasteiger partial charge on any atom is -0.366 e. The number of hydrogen-bond donors (Lipinski definition) is 2. The fourth-order valence-corrected chi connectivity index (χ4v) is 5.72. The van der Waals surface area contributed by atoms with E-state index in [1.807, 2.05) is 12.1 Å². The molecule has 0 saturated heterocycles. The third kappa shape index (κ3) is 3.76. The van der Waals surface area contributed by atoms with Gasteiger partial charge in [0.25, 0.3) is 11.8 Å². The molecule has 160 valence electrons. The standard InChI is InChI=1S/C23H24N4O3S/c1-12(20(24)28)9-27-10-18-16(3-2-4-17(18)23(27)30)22-26-19(11-31-22)21(29)25-8-13-5-14-7-15(14)6-13/h2-4,11,13-15H,1,5-10H2,(H2,24,28)(H,25,29). The van der Waals surface area contributed by atoms with Crippen LogP contribution >= 0.6 is 11.3 Å². The van der Waals surface area contributed by atoms with Crippen molar-refractivity contribution in [2.24, 2.45) is 23.5 Å². The molecule has 0 radical (unpaired) electrons. The number of carbonyl (C=O) groups excluding carboxylic acids is 3. The van der Waals surface area contributed by atoms with Crippen molar-refractivity contribution in [1.29, 1.82) is 0 Å². The highest BCUT2D eigenvalue weighted by molar-refractivity contribution is 7.13. The van der Waals surface area contributed by atoms with Gasteiger partial charge in [0.05, 0.1) is 6.54 Å². The van der Waals surface area contributed by atoms with E-state index in [0.29, 0.717) is 35.3 Å². The van der Waals surface area contributed by atoms with Gasteiger partial charge in [0.1, 0.15) is 10.7 Å². The summed E-state index contributed by atoms with van der Waals surface area (Å²) in [5.41, 5.74) is 8.12. The molecular formula is C23H24N4O3S. The molecule has 3 amide bonds. The van der Waals surface area contributed by atoms with Crippen LogP contribution in [0.1, 0.15) is 45.7 Å². The van der Waals surface area contributed by atoms with Crippen molar-refractivity contribution in [3.05, 3.63) is 52.6 Å². The van der Waals surface area contributed by atoms with E-state index in [1.165, 1.54) is 30.6 Å². The maximum atomic E-state index is 12.7. The average Bonchev–Trinajstić information content (AvgIpc) is 3.12. The topological polar surface area (TPSA) is 105 Å². The summed E-state index contributed by atoms with van der Waals surface area (Å²) >= 11 is 1.39. The summed E-state index contributed by atoms with van der Waals surface area (Å²) in [6.07, 6.45) is 3.84. The molecule has 0 spiro atoms. The van der Waals surface area contributed by atoms with Crippen molar-refractivity contribution in [2.45, 2.75) is 25.8 Å². The number of hydrogen-bond acceptors (Lipinski definition) is 5. The Balaban J connectivity index is 1.29. The number of nitrogens with one attached hydrogen (secondary N) is 1. The number of thiazole rings is 1. The second kappa shape index (κ2) is 7.60. The van der Waals surface area contributed by atoms with E-state index in [9.17, 15) is 14.4 Å². The molecule has 1 aliphatic heterocycles. The van der Waals surface area contributed by atoms with Crippen molar-refractivity contribution in [1.82, 2.24) is 15.2 Å². The number of benzene rings is 1. The molecule has 1 aromatic heterocycles. The Morgan fingerprint density at radius 1 is 1.23 bits per heavy atom. The van der Waals surface area contributed by atoms with E-state index in [2.05, 4.69) is 16.9 Å². The van der Waals surface area contributed by atoms with Crippen LogP contribution in [-0.2, 0) is 11.3 Å².